The van der Waals surface area contributed by atoms with Crippen LogP contribution in [-0.2, 0) is 4.79 Å². The number of carbonyl (C=O) groups excluding carboxylic acids is 1. The predicted octanol–water partition coefficient (Wildman–Crippen LogP) is 2.37. The van der Waals surface area contributed by atoms with Gasteiger partial charge in [0.25, 0.3) is 0 Å². The maximum absolute atomic E-state index is 12.3. The zero-order chi connectivity index (χ0) is 15.5. The van der Waals surface area contributed by atoms with Crippen LogP contribution in [0.3, 0.4) is 0 Å². The Morgan fingerprint density at radius 1 is 1.52 bits per heavy atom. The summed E-state index contributed by atoms with van der Waals surface area (Å²) >= 11 is 0. The van der Waals surface area contributed by atoms with Crippen molar-refractivity contribution >= 4 is 5.91 Å². The lowest BCUT2D eigenvalue weighted by Gasteiger charge is -2.36. The average Bonchev–Trinajstić information content (AvgIpc) is 2.46. The highest BCUT2D eigenvalue weighted by molar-refractivity contribution is 5.81. The molecule has 112 valence electrons. The molecule has 1 fully saturated rings. The summed E-state index contributed by atoms with van der Waals surface area (Å²) in [4.78, 5) is 18.3. The lowest BCUT2D eigenvalue weighted by molar-refractivity contribution is -0.142. The van der Waals surface area contributed by atoms with Crippen molar-refractivity contribution in [1.29, 1.82) is 5.26 Å². The first-order valence-electron chi connectivity index (χ1n) is 7.22. The zero-order valence-corrected chi connectivity index (χ0v) is 12.8. The molecule has 2 rings (SSSR count). The van der Waals surface area contributed by atoms with Gasteiger partial charge < -0.3 is 9.64 Å². The average molecular weight is 287 g/mol. The Hall–Kier alpha value is -2.09. The summed E-state index contributed by atoms with van der Waals surface area (Å²) in [7, 11) is 0. The largest absolute Gasteiger partial charge is 0.472 e. The van der Waals surface area contributed by atoms with Crippen LogP contribution in [0.5, 0.6) is 5.88 Å². The van der Waals surface area contributed by atoms with Crippen molar-refractivity contribution in [3.63, 3.8) is 0 Å². The Balaban J connectivity index is 2.01. The first-order valence-corrected chi connectivity index (χ1v) is 7.22. The lowest BCUT2D eigenvalue weighted by atomic mass is 9.93. The van der Waals surface area contributed by atoms with Crippen LogP contribution in [0.15, 0.2) is 18.3 Å². The standard InChI is InChI=1S/C16H21N3O2/c1-16(2,3)15(20)19-8-4-5-13(11-19)21-14-9-12(10-17)6-7-18-14/h6-7,9,13H,4-5,8,11H2,1-3H3/t13-/m0/s1. The van der Waals surface area contributed by atoms with E-state index >= 15 is 0 Å². The fourth-order valence-electron chi connectivity index (χ4n) is 2.41. The van der Waals surface area contributed by atoms with Crippen LogP contribution in [0.1, 0.15) is 39.2 Å². The first kappa shape index (κ1) is 15.3. The van der Waals surface area contributed by atoms with E-state index < -0.39 is 0 Å². The second-order valence-corrected chi connectivity index (χ2v) is 6.38. The third-order valence-electron chi connectivity index (χ3n) is 3.46. The van der Waals surface area contributed by atoms with Gasteiger partial charge in [-0.25, -0.2) is 4.98 Å². The Labute approximate surface area is 125 Å². The number of nitriles is 1. The van der Waals surface area contributed by atoms with Gasteiger partial charge in [-0.05, 0) is 18.9 Å². The van der Waals surface area contributed by atoms with Crippen LogP contribution < -0.4 is 4.74 Å². The number of aromatic nitrogens is 1. The summed E-state index contributed by atoms with van der Waals surface area (Å²) in [5.74, 6) is 0.596. The molecular weight excluding hydrogens is 266 g/mol. The quantitative estimate of drug-likeness (QED) is 0.837. The van der Waals surface area contributed by atoms with Gasteiger partial charge in [-0.3, -0.25) is 4.79 Å². The second kappa shape index (κ2) is 6.13. The third kappa shape index (κ3) is 3.94. The van der Waals surface area contributed by atoms with E-state index in [9.17, 15) is 4.79 Å². The van der Waals surface area contributed by atoms with Crippen molar-refractivity contribution < 1.29 is 9.53 Å². The number of likely N-dealkylation sites (tertiary alicyclic amines) is 1. The Morgan fingerprint density at radius 3 is 2.95 bits per heavy atom. The van der Waals surface area contributed by atoms with E-state index in [0.717, 1.165) is 19.4 Å². The van der Waals surface area contributed by atoms with E-state index in [-0.39, 0.29) is 17.4 Å². The van der Waals surface area contributed by atoms with Gasteiger partial charge in [-0.1, -0.05) is 20.8 Å². The molecule has 1 saturated heterocycles. The molecule has 0 aromatic carbocycles. The van der Waals surface area contributed by atoms with E-state index in [1.54, 1.807) is 18.3 Å². The molecule has 1 aliphatic heterocycles. The van der Waals surface area contributed by atoms with E-state index in [4.69, 9.17) is 10.00 Å². The normalized spacial score (nSPS) is 19.0. The maximum Gasteiger partial charge on any atom is 0.228 e. The summed E-state index contributed by atoms with van der Waals surface area (Å²) < 4.78 is 5.83. The van der Waals surface area contributed by atoms with E-state index in [1.807, 2.05) is 25.7 Å². The molecule has 2 heterocycles. The molecule has 0 spiro atoms. The molecule has 21 heavy (non-hydrogen) atoms. The molecule has 1 aromatic rings. The van der Waals surface area contributed by atoms with Gasteiger partial charge in [0.05, 0.1) is 18.2 Å². The number of piperidine rings is 1. The molecule has 0 aliphatic carbocycles. The third-order valence-corrected chi connectivity index (χ3v) is 3.46. The molecule has 1 atom stereocenters. The van der Waals surface area contributed by atoms with Gasteiger partial charge in [-0.2, -0.15) is 5.26 Å². The van der Waals surface area contributed by atoms with Gasteiger partial charge in [0.15, 0.2) is 0 Å². The Bertz CT molecular complexity index is 557. The zero-order valence-electron chi connectivity index (χ0n) is 12.8. The fourth-order valence-corrected chi connectivity index (χ4v) is 2.41. The number of hydrogen-bond donors (Lipinski definition) is 0. The van der Waals surface area contributed by atoms with Gasteiger partial charge in [0.1, 0.15) is 6.10 Å². The van der Waals surface area contributed by atoms with Crippen molar-refractivity contribution in [2.75, 3.05) is 13.1 Å². The molecule has 0 saturated carbocycles. The monoisotopic (exact) mass is 287 g/mol. The molecule has 1 amide bonds. The van der Waals surface area contributed by atoms with Crippen LogP contribution in [0, 0.1) is 16.7 Å². The van der Waals surface area contributed by atoms with E-state index in [0.29, 0.717) is 18.0 Å². The number of amides is 1. The highest BCUT2D eigenvalue weighted by Gasteiger charge is 2.31. The molecule has 5 nitrogen and oxygen atoms in total. The van der Waals surface area contributed by atoms with Crippen LogP contribution >= 0.6 is 0 Å². The number of pyridine rings is 1. The van der Waals surface area contributed by atoms with Crippen molar-refractivity contribution in [3.05, 3.63) is 23.9 Å². The summed E-state index contributed by atoms with van der Waals surface area (Å²) in [5.41, 5.74) is 0.152. The van der Waals surface area contributed by atoms with Crippen molar-refractivity contribution in [3.8, 4) is 11.9 Å². The number of carbonyl (C=O) groups is 1. The fraction of sp³-hybridized carbons (Fsp3) is 0.562. The minimum absolute atomic E-state index is 0.0634. The molecule has 0 radical (unpaired) electrons. The maximum atomic E-state index is 12.3. The van der Waals surface area contributed by atoms with Crippen LogP contribution in [0.25, 0.3) is 0 Å². The minimum Gasteiger partial charge on any atom is -0.472 e. The smallest absolute Gasteiger partial charge is 0.228 e. The molecule has 0 bridgehead atoms. The molecular formula is C16H21N3O2. The predicted molar refractivity (Wildman–Crippen MR) is 78.6 cm³/mol. The molecule has 1 aromatic heterocycles. The van der Waals surface area contributed by atoms with Crippen LogP contribution in [0.4, 0.5) is 0 Å². The molecule has 1 aliphatic rings. The van der Waals surface area contributed by atoms with Crippen molar-refractivity contribution in [2.45, 2.75) is 39.7 Å². The summed E-state index contributed by atoms with van der Waals surface area (Å²) in [6, 6.07) is 5.34. The highest BCUT2D eigenvalue weighted by Crippen LogP contribution is 2.23. The minimum atomic E-state index is -0.374. The molecule has 5 heteroatoms. The number of ether oxygens (including phenoxy) is 1. The number of hydrogen-bond acceptors (Lipinski definition) is 4. The summed E-state index contributed by atoms with van der Waals surface area (Å²) in [6.07, 6.45) is 3.32. The summed E-state index contributed by atoms with van der Waals surface area (Å²) in [5, 5.41) is 8.89. The molecule has 0 N–H and O–H groups in total. The second-order valence-electron chi connectivity index (χ2n) is 6.38. The topological polar surface area (TPSA) is 66.2 Å². The first-order chi connectivity index (χ1) is 9.90. The van der Waals surface area contributed by atoms with Crippen LogP contribution in [0.2, 0.25) is 0 Å². The van der Waals surface area contributed by atoms with Gasteiger partial charge in [0, 0.05) is 24.2 Å². The van der Waals surface area contributed by atoms with Gasteiger partial charge in [-0.15, -0.1) is 0 Å². The van der Waals surface area contributed by atoms with E-state index in [1.165, 1.54) is 0 Å². The lowest BCUT2D eigenvalue weighted by Crippen LogP contribution is -2.48. The molecule has 0 unspecified atom stereocenters. The Kier molecular flexibility index (Phi) is 4.46. The number of nitrogens with zero attached hydrogens (tertiary/aromatic N) is 3. The van der Waals surface area contributed by atoms with Gasteiger partial charge in [0.2, 0.25) is 11.8 Å². The van der Waals surface area contributed by atoms with Gasteiger partial charge >= 0.3 is 0 Å². The Morgan fingerprint density at radius 2 is 2.29 bits per heavy atom. The highest BCUT2D eigenvalue weighted by atomic mass is 16.5. The van der Waals surface area contributed by atoms with Crippen molar-refractivity contribution in [1.82, 2.24) is 9.88 Å². The summed E-state index contributed by atoms with van der Waals surface area (Å²) in [6.45, 7) is 7.14. The van der Waals surface area contributed by atoms with Crippen LogP contribution in [-0.4, -0.2) is 35.0 Å². The SMILES string of the molecule is CC(C)(C)C(=O)N1CCC[C@H](Oc2cc(C#N)ccn2)C1. The van der Waals surface area contributed by atoms with E-state index in [2.05, 4.69) is 11.1 Å². The van der Waals surface area contributed by atoms with Crippen molar-refractivity contribution in [2.24, 2.45) is 5.41 Å². The number of rotatable bonds is 2.